The van der Waals surface area contributed by atoms with Crippen molar-refractivity contribution in [2.45, 2.75) is 13.3 Å². The molecule has 0 saturated heterocycles. The normalized spacial score (nSPS) is 12.0. The van der Waals surface area contributed by atoms with E-state index >= 15 is 0 Å². The smallest absolute Gasteiger partial charge is 0.153 e. The number of para-hydroxylation sites is 4. The highest BCUT2D eigenvalue weighted by Crippen LogP contribution is 2.45. The Labute approximate surface area is 196 Å². The van der Waals surface area contributed by atoms with Gasteiger partial charge in [-0.25, -0.2) is 15.0 Å². The van der Waals surface area contributed by atoms with Gasteiger partial charge in [-0.15, -0.1) is 0 Å². The molecule has 162 valence electrons. The van der Waals surface area contributed by atoms with Crippen LogP contribution in [0.15, 0.2) is 91.0 Å². The third kappa shape index (κ3) is 2.70. The van der Waals surface area contributed by atoms with Gasteiger partial charge in [0.2, 0.25) is 0 Å². The van der Waals surface area contributed by atoms with Crippen molar-refractivity contribution in [3.63, 3.8) is 0 Å². The Kier molecular flexibility index (Phi) is 4.05. The van der Waals surface area contributed by atoms with Gasteiger partial charge in [0, 0.05) is 17.5 Å². The minimum Gasteiger partial charge on any atom is -0.453 e. The highest BCUT2D eigenvalue weighted by molar-refractivity contribution is 6.01. The van der Waals surface area contributed by atoms with E-state index < -0.39 is 0 Å². The molecule has 5 nitrogen and oxygen atoms in total. The minimum absolute atomic E-state index is 0.802. The number of ether oxygens (including phenoxy) is 1. The lowest BCUT2D eigenvalue weighted by atomic mass is 10.0. The van der Waals surface area contributed by atoms with E-state index in [0.29, 0.717) is 0 Å². The van der Waals surface area contributed by atoms with Gasteiger partial charge in [0.15, 0.2) is 11.5 Å². The summed E-state index contributed by atoms with van der Waals surface area (Å²) in [6.45, 7) is 2.13. The number of aryl methyl sites for hydroxylation is 1. The molecule has 0 unspecified atom stereocenters. The largest absolute Gasteiger partial charge is 0.453 e. The summed E-state index contributed by atoms with van der Waals surface area (Å²) in [7, 11) is 0. The molecule has 0 radical (unpaired) electrons. The molecule has 6 aromatic rings. The molecule has 0 aliphatic carbocycles. The van der Waals surface area contributed by atoms with Crippen molar-refractivity contribution < 1.29 is 4.74 Å². The average Bonchev–Trinajstić information content (AvgIpc) is 3.30. The number of hydrogen-bond acceptors (Lipinski definition) is 4. The number of benzene rings is 4. The molecule has 0 atom stereocenters. The summed E-state index contributed by atoms with van der Waals surface area (Å²) in [4.78, 5) is 15.3. The number of aromatic nitrogens is 4. The number of hydrogen-bond donors (Lipinski definition) is 0. The quantitative estimate of drug-likeness (QED) is 0.298. The van der Waals surface area contributed by atoms with Crippen LogP contribution in [-0.2, 0) is 6.42 Å². The molecule has 34 heavy (non-hydrogen) atoms. The van der Waals surface area contributed by atoms with Gasteiger partial charge in [-0.1, -0.05) is 61.5 Å². The second kappa shape index (κ2) is 7.25. The van der Waals surface area contributed by atoms with Gasteiger partial charge in [-0.3, -0.25) is 4.57 Å². The maximum absolute atomic E-state index is 6.29. The lowest BCUT2D eigenvalue weighted by Crippen LogP contribution is -2.07. The Morgan fingerprint density at radius 1 is 0.676 bits per heavy atom. The lowest BCUT2D eigenvalue weighted by Gasteiger charge is -2.21. The molecule has 2 aromatic heterocycles. The fourth-order valence-electron chi connectivity index (χ4n) is 4.80. The van der Waals surface area contributed by atoms with Gasteiger partial charge in [0.1, 0.15) is 16.9 Å². The number of rotatable bonds is 3. The number of imidazole rings is 1. The van der Waals surface area contributed by atoms with E-state index in [1.54, 1.807) is 0 Å². The van der Waals surface area contributed by atoms with Crippen LogP contribution >= 0.6 is 0 Å². The average molecular weight is 441 g/mol. The van der Waals surface area contributed by atoms with E-state index in [1.807, 2.05) is 66.7 Å². The van der Waals surface area contributed by atoms with Gasteiger partial charge < -0.3 is 4.74 Å². The first-order valence-electron chi connectivity index (χ1n) is 11.5. The zero-order valence-electron chi connectivity index (χ0n) is 18.6. The van der Waals surface area contributed by atoms with Crippen LogP contribution < -0.4 is 4.74 Å². The summed E-state index contributed by atoms with van der Waals surface area (Å²) in [6.07, 6.45) is 0.802. The number of fused-ring (bicyclic) bond motifs is 3. The van der Waals surface area contributed by atoms with Gasteiger partial charge in [0.25, 0.3) is 0 Å². The molecule has 0 amide bonds. The predicted molar refractivity (Wildman–Crippen MR) is 134 cm³/mol. The minimum atomic E-state index is 0.802. The van der Waals surface area contributed by atoms with E-state index in [1.165, 1.54) is 0 Å². The molecule has 4 aromatic carbocycles. The molecule has 5 heteroatoms. The van der Waals surface area contributed by atoms with Crippen molar-refractivity contribution >= 4 is 22.1 Å². The second-order valence-electron chi connectivity index (χ2n) is 8.37. The van der Waals surface area contributed by atoms with Crippen molar-refractivity contribution in [2.24, 2.45) is 0 Å². The Morgan fingerprint density at radius 2 is 1.38 bits per heavy atom. The van der Waals surface area contributed by atoms with Crippen molar-refractivity contribution in [1.82, 2.24) is 19.5 Å². The topological polar surface area (TPSA) is 52.8 Å². The van der Waals surface area contributed by atoms with Crippen LogP contribution in [0.5, 0.6) is 11.5 Å². The standard InChI is InChI=1S/C29H20N4O/c1-2-25-32-28-19(16-17-24-29(28)33(25)22-14-8-9-15-23(22)34-24)27-26(18-10-4-3-5-11-18)30-20-12-6-7-13-21(20)31-27/h3-17H,2H2,1H3. The van der Waals surface area contributed by atoms with Gasteiger partial charge in [-0.2, -0.15) is 0 Å². The van der Waals surface area contributed by atoms with Crippen LogP contribution in [0.1, 0.15) is 12.7 Å². The van der Waals surface area contributed by atoms with Gasteiger partial charge in [-0.05, 0) is 36.4 Å². The highest BCUT2D eigenvalue weighted by Gasteiger charge is 2.27. The van der Waals surface area contributed by atoms with Gasteiger partial charge in [0.05, 0.1) is 28.1 Å². The van der Waals surface area contributed by atoms with Crippen molar-refractivity contribution in [3.8, 4) is 39.7 Å². The molecule has 0 N–H and O–H groups in total. The Morgan fingerprint density at radius 3 is 2.18 bits per heavy atom. The molecule has 0 bridgehead atoms. The summed E-state index contributed by atoms with van der Waals surface area (Å²) >= 11 is 0. The first kappa shape index (κ1) is 19.0. The van der Waals surface area contributed by atoms with Crippen LogP contribution in [0, 0.1) is 0 Å². The Bertz CT molecular complexity index is 1720. The molecule has 0 saturated carbocycles. The van der Waals surface area contributed by atoms with Crippen molar-refractivity contribution in [2.75, 3.05) is 0 Å². The summed E-state index contributed by atoms with van der Waals surface area (Å²) in [5, 5.41) is 0. The Balaban J connectivity index is 1.58. The van der Waals surface area contributed by atoms with Crippen LogP contribution in [0.3, 0.4) is 0 Å². The summed E-state index contributed by atoms with van der Waals surface area (Å²) in [5.74, 6) is 2.64. The summed E-state index contributed by atoms with van der Waals surface area (Å²) < 4.78 is 8.51. The van der Waals surface area contributed by atoms with Gasteiger partial charge >= 0.3 is 0 Å². The fraction of sp³-hybridized carbons (Fsp3) is 0.0690. The third-order valence-electron chi connectivity index (χ3n) is 6.35. The van der Waals surface area contributed by atoms with Crippen LogP contribution in [0.4, 0.5) is 0 Å². The number of nitrogens with zero attached hydrogens (tertiary/aromatic N) is 4. The molecule has 1 aliphatic rings. The first-order valence-corrected chi connectivity index (χ1v) is 11.5. The van der Waals surface area contributed by atoms with E-state index in [4.69, 9.17) is 19.7 Å². The van der Waals surface area contributed by atoms with Crippen LogP contribution in [-0.4, -0.2) is 19.5 Å². The third-order valence-corrected chi connectivity index (χ3v) is 6.35. The fourth-order valence-corrected chi connectivity index (χ4v) is 4.80. The van der Waals surface area contributed by atoms with E-state index in [9.17, 15) is 0 Å². The van der Waals surface area contributed by atoms with Crippen molar-refractivity contribution in [1.29, 1.82) is 0 Å². The van der Waals surface area contributed by atoms with Crippen LogP contribution in [0.2, 0.25) is 0 Å². The van der Waals surface area contributed by atoms with E-state index in [0.717, 1.165) is 74.0 Å². The zero-order chi connectivity index (χ0) is 22.6. The first-order chi connectivity index (χ1) is 16.8. The predicted octanol–water partition coefficient (Wildman–Crippen LogP) is 6.97. The zero-order valence-corrected chi connectivity index (χ0v) is 18.6. The molecule has 1 aliphatic heterocycles. The SMILES string of the molecule is CCc1nc2c(-c3nc4ccccc4nc3-c3ccccc3)ccc3c2n1-c1ccccc1O3. The van der Waals surface area contributed by atoms with Crippen LogP contribution in [0.25, 0.3) is 50.3 Å². The maximum atomic E-state index is 6.29. The second-order valence-corrected chi connectivity index (χ2v) is 8.37. The monoisotopic (exact) mass is 440 g/mol. The van der Waals surface area contributed by atoms with E-state index in [-0.39, 0.29) is 0 Å². The highest BCUT2D eigenvalue weighted by atomic mass is 16.5. The molecule has 0 fully saturated rings. The molecular weight excluding hydrogens is 420 g/mol. The summed E-state index contributed by atoms with van der Waals surface area (Å²) in [6, 6.07) is 30.4. The maximum Gasteiger partial charge on any atom is 0.153 e. The molecular formula is C29H20N4O. The lowest BCUT2D eigenvalue weighted by molar-refractivity contribution is 0.474. The van der Waals surface area contributed by atoms with Crippen molar-refractivity contribution in [3.05, 3.63) is 96.8 Å². The Hall–Kier alpha value is -4.51. The summed E-state index contributed by atoms with van der Waals surface area (Å²) in [5.41, 5.74) is 8.24. The molecule has 7 rings (SSSR count). The molecule has 0 spiro atoms. The molecule has 3 heterocycles. The van der Waals surface area contributed by atoms with E-state index in [2.05, 4.69) is 35.8 Å².